The Morgan fingerprint density at radius 1 is 0.938 bits per heavy atom. The third kappa shape index (κ3) is 4.21. The van der Waals surface area contributed by atoms with Crippen molar-refractivity contribution in [1.82, 2.24) is 9.55 Å². The van der Waals surface area contributed by atoms with Crippen LogP contribution in [0.15, 0.2) is 71.5 Å². The van der Waals surface area contributed by atoms with Crippen LogP contribution in [0.25, 0.3) is 22.3 Å². The number of fused-ring (bicyclic) bond motifs is 1. The second kappa shape index (κ2) is 8.59. The molecule has 0 saturated carbocycles. The van der Waals surface area contributed by atoms with Crippen LogP contribution in [0, 0.1) is 13.8 Å². The molecule has 6 heteroatoms. The lowest BCUT2D eigenvalue weighted by Gasteiger charge is -2.15. The number of rotatable bonds is 5. The molecule has 0 saturated heterocycles. The molecule has 1 N–H and O–H groups in total. The van der Waals surface area contributed by atoms with Crippen LogP contribution < -0.4 is 10.9 Å². The van der Waals surface area contributed by atoms with Crippen LogP contribution in [0.1, 0.15) is 28.4 Å². The molecular formula is C26H23N3O3. The Morgan fingerprint density at radius 3 is 2.34 bits per heavy atom. The highest BCUT2D eigenvalue weighted by Gasteiger charge is 2.18. The number of Topliss-reactive ketones (excluding diaryl/α,β-unsaturated/α-hetero) is 1. The van der Waals surface area contributed by atoms with Gasteiger partial charge in [0, 0.05) is 18.1 Å². The fourth-order valence-corrected chi connectivity index (χ4v) is 3.65. The zero-order valence-corrected chi connectivity index (χ0v) is 18.2. The van der Waals surface area contributed by atoms with Crippen molar-refractivity contribution in [3.05, 3.63) is 93.8 Å². The lowest BCUT2D eigenvalue weighted by Crippen LogP contribution is -2.27. The summed E-state index contributed by atoms with van der Waals surface area (Å²) in [5.41, 5.74) is 4.51. The molecule has 0 bridgehead atoms. The zero-order chi connectivity index (χ0) is 22.8. The van der Waals surface area contributed by atoms with E-state index < -0.39 is 0 Å². The Morgan fingerprint density at radius 2 is 1.62 bits per heavy atom. The van der Waals surface area contributed by atoms with Gasteiger partial charge >= 0.3 is 0 Å². The van der Waals surface area contributed by atoms with Crippen molar-refractivity contribution in [1.29, 1.82) is 0 Å². The maximum atomic E-state index is 13.6. The summed E-state index contributed by atoms with van der Waals surface area (Å²) >= 11 is 0. The molecule has 0 radical (unpaired) electrons. The number of benzene rings is 3. The number of nitrogens with zero attached hydrogens (tertiary/aromatic N) is 2. The number of carbonyl (C=O) groups is 2. The Kier molecular flexibility index (Phi) is 5.69. The molecule has 1 heterocycles. The topological polar surface area (TPSA) is 81.1 Å². The molecule has 0 aliphatic rings. The van der Waals surface area contributed by atoms with Gasteiger partial charge in [-0.1, -0.05) is 53.6 Å². The molecule has 4 rings (SSSR count). The highest BCUT2D eigenvalue weighted by atomic mass is 16.2. The van der Waals surface area contributed by atoms with Crippen molar-refractivity contribution in [3.8, 4) is 11.3 Å². The van der Waals surface area contributed by atoms with E-state index in [-0.39, 0.29) is 29.5 Å². The molecule has 4 aromatic rings. The summed E-state index contributed by atoms with van der Waals surface area (Å²) in [6.07, 6.45) is 0. The minimum absolute atomic E-state index is 0.112. The monoisotopic (exact) mass is 425 g/mol. The summed E-state index contributed by atoms with van der Waals surface area (Å²) < 4.78 is 1.46. The molecule has 1 aromatic heterocycles. The normalized spacial score (nSPS) is 10.8. The lowest BCUT2D eigenvalue weighted by molar-refractivity contribution is -0.114. The fraction of sp³-hybridized carbons (Fsp3) is 0.154. The van der Waals surface area contributed by atoms with Crippen molar-refractivity contribution in [2.45, 2.75) is 27.3 Å². The minimum Gasteiger partial charge on any atom is -0.326 e. The van der Waals surface area contributed by atoms with Gasteiger partial charge in [-0.25, -0.2) is 4.98 Å². The van der Waals surface area contributed by atoms with Gasteiger partial charge in [0.05, 0.1) is 23.3 Å². The van der Waals surface area contributed by atoms with E-state index in [1.165, 1.54) is 11.5 Å². The molecule has 3 aromatic carbocycles. The summed E-state index contributed by atoms with van der Waals surface area (Å²) in [5.74, 6) is -0.411. The Labute approximate surface area is 185 Å². The predicted octanol–water partition coefficient (Wildman–Crippen LogP) is 4.52. The first kappa shape index (κ1) is 21.2. The Hall–Kier alpha value is -4.06. The Bertz CT molecular complexity index is 1400. The number of carbonyl (C=O) groups excluding carboxylic acids is 2. The molecule has 160 valence electrons. The molecule has 0 atom stereocenters. The summed E-state index contributed by atoms with van der Waals surface area (Å²) in [4.78, 5) is 42.9. The number of para-hydroxylation sites is 2. The largest absolute Gasteiger partial charge is 0.326 e. The van der Waals surface area contributed by atoms with Gasteiger partial charge in [0.2, 0.25) is 5.91 Å². The number of hydrogen-bond donors (Lipinski definition) is 1. The number of ketones is 1. The summed E-state index contributed by atoms with van der Waals surface area (Å²) in [7, 11) is 0. The number of amides is 1. The van der Waals surface area contributed by atoms with Gasteiger partial charge in [0.1, 0.15) is 5.69 Å². The van der Waals surface area contributed by atoms with Crippen molar-refractivity contribution in [3.63, 3.8) is 0 Å². The third-order valence-corrected chi connectivity index (χ3v) is 5.27. The summed E-state index contributed by atoms with van der Waals surface area (Å²) in [6, 6.07) is 19.9. The van der Waals surface area contributed by atoms with E-state index in [9.17, 15) is 14.4 Å². The molecule has 1 amide bonds. The summed E-state index contributed by atoms with van der Waals surface area (Å²) in [5, 5.41) is 2.77. The van der Waals surface area contributed by atoms with Crippen LogP contribution >= 0.6 is 0 Å². The lowest BCUT2D eigenvalue weighted by atomic mass is 10.1. The second-order valence-electron chi connectivity index (χ2n) is 7.86. The zero-order valence-electron chi connectivity index (χ0n) is 18.2. The van der Waals surface area contributed by atoms with Crippen molar-refractivity contribution >= 4 is 28.4 Å². The first-order chi connectivity index (χ1) is 15.3. The molecule has 32 heavy (non-hydrogen) atoms. The highest BCUT2D eigenvalue weighted by molar-refractivity contribution is 5.97. The van der Waals surface area contributed by atoms with Crippen LogP contribution in [0.5, 0.6) is 0 Å². The van der Waals surface area contributed by atoms with E-state index >= 15 is 0 Å². The van der Waals surface area contributed by atoms with Gasteiger partial charge in [-0.05, 0) is 38.1 Å². The van der Waals surface area contributed by atoms with Crippen molar-refractivity contribution in [2.24, 2.45) is 0 Å². The van der Waals surface area contributed by atoms with Gasteiger partial charge in [0.25, 0.3) is 5.56 Å². The van der Waals surface area contributed by atoms with Crippen molar-refractivity contribution in [2.75, 3.05) is 5.32 Å². The van der Waals surface area contributed by atoms with Crippen LogP contribution in [0.2, 0.25) is 0 Å². The number of aryl methyl sites for hydroxylation is 2. The molecule has 0 unspecified atom stereocenters. The number of nitrogens with one attached hydrogen (secondary N) is 1. The maximum absolute atomic E-state index is 13.6. The fourth-order valence-electron chi connectivity index (χ4n) is 3.65. The van der Waals surface area contributed by atoms with E-state index in [1.54, 1.807) is 30.3 Å². The molecule has 0 aliphatic heterocycles. The molecule has 0 fully saturated rings. The van der Waals surface area contributed by atoms with E-state index in [1.807, 2.05) is 50.2 Å². The van der Waals surface area contributed by atoms with Crippen LogP contribution in [0.3, 0.4) is 0 Å². The predicted molar refractivity (Wildman–Crippen MR) is 126 cm³/mol. The van der Waals surface area contributed by atoms with E-state index in [4.69, 9.17) is 0 Å². The van der Waals surface area contributed by atoms with Gasteiger partial charge in [-0.3, -0.25) is 19.0 Å². The first-order valence-electron chi connectivity index (χ1n) is 10.3. The SMILES string of the molecule is CC(=O)Nc1ccc(C)cc1-c1nc2ccccc2n(CC(=O)c2ccc(C)cc2)c1=O. The van der Waals surface area contributed by atoms with Crippen LogP contribution in [0.4, 0.5) is 5.69 Å². The van der Waals surface area contributed by atoms with Gasteiger partial charge < -0.3 is 5.32 Å². The first-order valence-corrected chi connectivity index (χ1v) is 10.3. The molecule has 0 aliphatic carbocycles. The van der Waals surface area contributed by atoms with E-state index in [0.717, 1.165) is 11.1 Å². The molecular weight excluding hydrogens is 402 g/mol. The second-order valence-corrected chi connectivity index (χ2v) is 7.86. The van der Waals surface area contributed by atoms with E-state index in [2.05, 4.69) is 10.3 Å². The number of anilines is 1. The maximum Gasteiger partial charge on any atom is 0.278 e. The van der Waals surface area contributed by atoms with Gasteiger partial charge in [-0.2, -0.15) is 0 Å². The number of aromatic nitrogens is 2. The van der Waals surface area contributed by atoms with Gasteiger partial charge in [0.15, 0.2) is 5.78 Å². The van der Waals surface area contributed by atoms with Crippen molar-refractivity contribution < 1.29 is 9.59 Å². The average Bonchev–Trinajstić information content (AvgIpc) is 2.77. The highest BCUT2D eigenvalue weighted by Crippen LogP contribution is 2.27. The van der Waals surface area contributed by atoms with Crippen LogP contribution in [-0.4, -0.2) is 21.2 Å². The standard InChI is InChI=1S/C26H23N3O3/c1-16-8-11-19(12-9-16)24(31)15-29-23-7-5-4-6-22(23)28-25(26(29)32)20-14-17(2)10-13-21(20)27-18(3)30/h4-14H,15H2,1-3H3,(H,27,30). The summed E-state index contributed by atoms with van der Waals surface area (Å²) in [6.45, 7) is 5.16. The Balaban J connectivity index is 1.90. The third-order valence-electron chi connectivity index (χ3n) is 5.27. The smallest absolute Gasteiger partial charge is 0.278 e. The quantitative estimate of drug-likeness (QED) is 0.477. The molecule has 6 nitrogen and oxygen atoms in total. The molecule has 0 spiro atoms. The minimum atomic E-state index is -0.388. The number of hydrogen-bond acceptors (Lipinski definition) is 4. The van der Waals surface area contributed by atoms with E-state index in [0.29, 0.717) is 27.8 Å². The average molecular weight is 425 g/mol. The van der Waals surface area contributed by atoms with Gasteiger partial charge in [-0.15, -0.1) is 0 Å². The van der Waals surface area contributed by atoms with Crippen LogP contribution in [-0.2, 0) is 11.3 Å².